The first-order chi connectivity index (χ1) is 15.6. The summed E-state index contributed by atoms with van der Waals surface area (Å²) in [6, 6.07) is 15.0. The minimum absolute atomic E-state index is 0.0121. The van der Waals surface area contributed by atoms with Gasteiger partial charge in [0, 0.05) is 43.1 Å². The maximum Gasteiger partial charge on any atom is 0.227 e. The van der Waals surface area contributed by atoms with Gasteiger partial charge in [-0.3, -0.25) is 9.69 Å². The molecule has 1 unspecified atom stereocenters. The van der Waals surface area contributed by atoms with E-state index in [1.165, 1.54) is 0 Å². The number of amides is 1. The lowest BCUT2D eigenvalue weighted by molar-refractivity contribution is -0.116. The molecule has 3 aromatic rings. The van der Waals surface area contributed by atoms with Crippen molar-refractivity contribution in [1.29, 1.82) is 0 Å². The first-order valence-electron chi connectivity index (χ1n) is 11.1. The van der Waals surface area contributed by atoms with Crippen molar-refractivity contribution in [3.8, 4) is 11.1 Å². The van der Waals surface area contributed by atoms with E-state index in [2.05, 4.69) is 17.1 Å². The predicted molar refractivity (Wildman–Crippen MR) is 121 cm³/mol. The van der Waals surface area contributed by atoms with Crippen LogP contribution < -0.4 is 5.32 Å². The molecule has 0 spiro atoms. The van der Waals surface area contributed by atoms with Crippen molar-refractivity contribution in [2.75, 3.05) is 31.6 Å². The Morgan fingerprint density at radius 3 is 2.66 bits per heavy atom. The highest BCUT2D eigenvalue weighted by Gasteiger charge is 2.28. The lowest BCUT2D eigenvalue weighted by Gasteiger charge is -2.27. The number of morpholine rings is 1. The Kier molecular flexibility index (Phi) is 5.76. The number of nitrogens with zero attached hydrogens (tertiary/aromatic N) is 3. The van der Waals surface area contributed by atoms with Gasteiger partial charge in [-0.15, -0.1) is 0 Å². The van der Waals surface area contributed by atoms with E-state index < -0.39 is 0 Å². The average Bonchev–Trinajstić information content (AvgIpc) is 3.17. The van der Waals surface area contributed by atoms with Gasteiger partial charge in [0.2, 0.25) is 5.91 Å². The minimum Gasteiger partial charge on any atom is -0.379 e. The average molecular weight is 435 g/mol. The smallest absolute Gasteiger partial charge is 0.227 e. The largest absolute Gasteiger partial charge is 0.379 e. The van der Waals surface area contributed by atoms with Gasteiger partial charge in [0.1, 0.15) is 11.6 Å². The molecule has 3 heterocycles. The number of nitrogens with one attached hydrogen (secondary N) is 1. The molecule has 1 fully saturated rings. The summed E-state index contributed by atoms with van der Waals surface area (Å²) in [6.07, 6.45) is 0.417. The summed E-state index contributed by atoms with van der Waals surface area (Å²) >= 11 is 0. The number of aromatic nitrogens is 2. The normalized spacial score (nSPS) is 17.6. The molecule has 1 saturated heterocycles. The molecule has 1 N–H and O–H groups in total. The van der Waals surface area contributed by atoms with Gasteiger partial charge in [-0.1, -0.05) is 49.4 Å². The molecule has 7 heteroatoms. The number of aryl methyl sites for hydroxylation is 1. The van der Waals surface area contributed by atoms with Gasteiger partial charge < -0.3 is 10.1 Å². The molecule has 1 atom stereocenters. The maximum absolute atomic E-state index is 15.1. The van der Waals surface area contributed by atoms with Crippen LogP contribution in [0, 0.1) is 5.82 Å². The molecule has 2 aromatic carbocycles. The highest BCUT2D eigenvalue weighted by Crippen LogP contribution is 2.35. The standard InChI is InChI=1S/C25H27FN4O2/c1-17(19-7-8-20(22(26)15-19)18-5-3-2-4-6-18)24-21(16-29-11-13-32-14-12-29)25-27-23(31)9-10-30(25)28-24/h2-8,15,17H,9-14,16H2,1H3,(H,27,31). The predicted octanol–water partition coefficient (Wildman–Crippen LogP) is 4.02. The Hall–Kier alpha value is -3.03. The Balaban J connectivity index is 1.49. The van der Waals surface area contributed by atoms with Crippen molar-refractivity contribution in [3.63, 3.8) is 0 Å². The number of carbonyl (C=O) groups is 1. The Labute approximate surface area is 187 Å². The molecule has 166 valence electrons. The quantitative estimate of drug-likeness (QED) is 0.659. The molecular weight excluding hydrogens is 407 g/mol. The van der Waals surface area contributed by atoms with Crippen molar-refractivity contribution in [2.45, 2.75) is 32.4 Å². The second-order valence-electron chi connectivity index (χ2n) is 8.45. The van der Waals surface area contributed by atoms with E-state index in [0.717, 1.165) is 41.3 Å². The van der Waals surface area contributed by atoms with Crippen LogP contribution in [0.1, 0.15) is 36.1 Å². The number of benzene rings is 2. The highest BCUT2D eigenvalue weighted by molar-refractivity contribution is 5.92. The first kappa shape index (κ1) is 20.8. The van der Waals surface area contributed by atoms with Gasteiger partial charge in [0.15, 0.2) is 0 Å². The summed E-state index contributed by atoms with van der Waals surface area (Å²) in [7, 11) is 0. The van der Waals surface area contributed by atoms with Crippen LogP contribution in [0.15, 0.2) is 48.5 Å². The summed E-state index contributed by atoms with van der Waals surface area (Å²) in [5, 5.41) is 7.88. The van der Waals surface area contributed by atoms with Crippen molar-refractivity contribution in [3.05, 3.63) is 71.2 Å². The molecule has 0 radical (unpaired) electrons. The first-order valence-corrected chi connectivity index (χ1v) is 11.1. The lowest BCUT2D eigenvalue weighted by atomic mass is 9.92. The van der Waals surface area contributed by atoms with Gasteiger partial charge in [0.05, 0.1) is 25.5 Å². The summed E-state index contributed by atoms with van der Waals surface area (Å²) in [6.45, 7) is 6.38. The summed E-state index contributed by atoms with van der Waals surface area (Å²) in [5.74, 6) is 0.432. The molecular formula is C25H27FN4O2. The zero-order valence-electron chi connectivity index (χ0n) is 18.2. The number of rotatable bonds is 5. The van der Waals surface area contributed by atoms with E-state index in [-0.39, 0.29) is 17.6 Å². The van der Waals surface area contributed by atoms with E-state index in [0.29, 0.717) is 38.3 Å². The molecule has 5 rings (SSSR count). The number of carbonyl (C=O) groups excluding carboxylic acids is 1. The van der Waals surface area contributed by atoms with E-state index in [1.54, 1.807) is 6.07 Å². The van der Waals surface area contributed by atoms with Crippen molar-refractivity contribution < 1.29 is 13.9 Å². The lowest BCUT2D eigenvalue weighted by Crippen LogP contribution is -2.36. The summed E-state index contributed by atoms with van der Waals surface area (Å²) < 4.78 is 22.4. The van der Waals surface area contributed by atoms with Crippen LogP contribution in [-0.4, -0.2) is 46.9 Å². The molecule has 1 amide bonds. The second-order valence-corrected chi connectivity index (χ2v) is 8.45. The van der Waals surface area contributed by atoms with Gasteiger partial charge in [0.25, 0.3) is 0 Å². The van der Waals surface area contributed by atoms with Gasteiger partial charge >= 0.3 is 0 Å². The molecule has 32 heavy (non-hydrogen) atoms. The molecule has 0 aliphatic carbocycles. The van der Waals surface area contributed by atoms with Gasteiger partial charge in [-0.05, 0) is 17.2 Å². The second kappa shape index (κ2) is 8.84. The number of fused-ring (bicyclic) bond motifs is 1. The SMILES string of the molecule is CC(c1ccc(-c2ccccc2)c(F)c1)c1nn2c(c1CN1CCOCC1)NC(=O)CC2. The molecule has 6 nitrogen and oxygen atoms in total. The fraction of sp³-hybridized carbons (Fsp3) is 0.360. The number of hydrogen-bond donors (Lipinski definition) is 1. The molecule has 0 saturated carbocycles. The number of hydrogen-bond acceptors (Lipinski definition) is 4. The fourth-order valence-corrected chi connectivity index (χ4v) is 4.52. The van der Waals surface area contributed by atoms with E-state index in [1.807, 2.05) is 47.1 Å². The summed E-state index contributed by atoms with van der Waals surface area (Å²) in [5.41, 5.74) is 4.22. The molecule has 2 aliphatic rings. The van der Waals surface area contributed by atoms with Crippen molar-refractivity contribution in [1.82, 2.24) is 14.7 Å². The van der Waals surface area contributed by atoms with Crippen LogP contribution >= 0.6 is 0 Å². The number of halogens is 1. The maximum atomic E-state index is 15.1. The van der Waals surface area contributed by atoms with E-state index in [9.17, 15) is 4.79 Å². The number of ether oxygens (including phenoxy) is 1. The van der Waals surface area contributed by atoms with Crippen LogP contribution in [0.2, 0.25) is 0 Å². The third-order valence-electron chi connectivity index (χ3n) is 6.36. The Morgan fingerprint density at radius 2 is 1.91 bits per heavy atom. The molecule has 1 aromatic heterocycles. The molecule has 0 bridgehead atoms. The Bertz CT molecular complexity index is 1120. The van der Waals surface area contributed by atoms with Crippen LogP contribution in [0.5, 0.6) is 0 Å². The van der Waals surface area contributed by atoms with Crippen LogP contribution in [0.25, 0.3) is 11.1 Å². The Morgan fingerprint density at radius 1 is 1.12 bits per heavy atom. The minimum atomic E-state index is -0.243. The fourth-order valence-electron chi connectivity index (χ4n) is 4.52. The third kappa shape index (κ3) is 4.06. The topological polar surface area (TPSA) is 59.4 Å². The zero-order chi connectivity index (χ0) is 22.1. The highest BCUT2D eigenvalue weighted by atomic mass is 19.1. The monoisotopic (exact) mass is 434 g/mol. The van der Waals surface area contributed by atoms with Gasteiger partial charge in [-0.25, -0.2) is 9.07 Å². The third-order valence-corrected chi connectivity index (χ3v) is 6.36. The summed E-state index contributed by atoms with van der Waals surface area (Å²) in [4.78, 5) is 14.4. The zero-order valence-corrected chi connectivity index (χ0v) is 18.2. The van der Waals surface area contributed by atoms with Gasteiger partial charge in [-0.2, -0.15) is 5.10 Å². The van der Waals surface area contributed by atoms with Crippen LogP contribution in [0.4, 0.5) is 10.2 Å². The van der Waals surface area contributed by atoms with Crippen molar-refractivity contribution in [2.24, 2.45) is 0 Å². The van der Waals surface area contributed by atoms with Crippen LogP contribution in [-0.2, 0) is 22.6 Å². The number of anilines is 1. The van der Waals surface area contributed by atoms with E-state index in [4.69, 9.17) is 9.84 Å². The van der Waals surface area contributed by atoms with E-state index >= 15 is 4.39 Å². The van der Waals surface area contributed by atoms with Crippen molar-refractivity contribution >= 4 is 11.7 Å². The van der Waals surface area contributed by atoms with Crippen LogP contribution in [0.3, 0.4) is 0 Å². The molecule has 2 aliphatic heterocycles.